The molecule has 1 saturated carbocycles. The first kappa shape index (κ1) is 15.7. The summed E-state index contributed by atoms with van der Waals surface area (Å²) in [5.41, 5.74) is 2.61. The van der Waals surface area contributed by atoms with Crippen molar-refractivity contribution >= 4 is 0 Å². The van der Waals surface area contributed by atoms with Crippen LogP contribution in [0.1, 0.15) is 42.1 Å². The largest absolute Gasteiger partial charge is 0.312 e. The molecule has 2 aromatic rings. The Hall–Kier alpha value is -1.78. The molecule has 0 radical (unpaired) electrons. The third kappa shape index (κ3) is 4.19. The molecule has 1 aliphatic heterocycles. The lowest BCUT2D eigenvalue weighted by Crippen LogP contribution is -2.26. The first-order valence-corrected chi connectivity index (χ1v) is 9.14. The topological polar surface area (TPSA) is 41.0 Å². The Kier molecular flexibility index (Phi) is 4.86. The molecular weight excluding hydrogens is 296 g/mol. The third-order valence-corrected chi connectivity index (χ3v) is 5.05. The Morgan fingerprint density at radius 2 is 1.79 bits per heavy atom. The summed E-state index contributed by atoms with van der Waals surface area (Å²) in [7, 11) is 0. The number of nitrogens with one attached hydrogen (secondary N) is 1. The Morgan fingerprint density at radius 1 is 1.00 bits per heavy atom. The summed E-state index contributed by atoms with van der Waals surface area (Å²) in [6.07, 6.45) is 7.79. The van der Waals surface area contributed by atoms with E-state index < -0.39 is 0 Å². The Bertz CT molecular complexity index is 636. The van der Waals surface area contributed by atoms with Gasteiger partial charge in [-0.15, -0.1) is 0 Å². The fourth-order valence-electron chi connectivity index (χ4n) is 3.49. The molecule has 0 amide bonds. The van der Waals surface area contributed by atoms with E-state index in [1.54, 1.807) is 0 Å². The second kappa shape index (κ2) is 7.41. The van der Waals surface area contributed by atoms with Gasteiger partial charge in [-0.1, -0.05) is 30.3 Å². The number of rotatable bonds is 7. The van der Waals surface area contributed by atoms with Crippen LogP contribution in [-0.4, -0.2) is 34.5 Å². The van der Waals surface area contributed by atoms with Crippen LogP contribution in [0.5, 0.6) is 0 Å². The fourth-order valence-corrected chi connectivity index (χ4v) is 3.49. The van der Waals surface area contributed by atoms with Crippen molar-refractivity contribution in [3.8, 4) is 0 Å². The van der Waals surface area contributed by atoms with Crippen molar-refractivity contribution in [1.82, 2.24) is 20.2 Å². The van der Waals surface area contributed by atoms with E-state index in [1.165, 1.54) is 43.5 Å². The highest BCUT2D eigenvalue weighted by Gasteiger charge is 2.26. The summed E-state index contributed by atoms with van der Waals surface area (Å²) in [5.74, 6) is 2.42. The molecule has 1 atom stereocenters. The van der Waals surface area contributed by atoms with Gasteiger partial charge in [-0.3, -0.25) is 4.90 Å². The highest BCUT2D eigenvalue weighted by molar-refractivity contribution is 5.14. The predicted octanol–water partition coefficient (Wildman–Crippen LogP) is 2.97. The van der Waals surface area contributed by atoms with Gasteiger partial charge < -0.3 is 5.32 Å². The standard InChI is InChI=1S/C20H26N4/c1-2-4-16(5-3-1)14-24-9-8-17(15-24)10-21-11-18-12-22-20(23-13-18)19-6-7-19/h1-5,12-13,17,19,21H,6-11,14-15H2. The van der Waals surface area contributed by atoms with Crippen LogP contribution < -0.4 is 5.32 Å². The summed E-state index contributed by atoms with van der Waals surface area (Å²) in [5, 5.41) is 3.59. The number of hydrogen-bond donors (Lipinski definition) is 1. The van der Waals surface area contributed by atoms with Crippen molar-refractivity contribution in [3.05, 3.63) is 59.7 Å². The minimum atomic E-state index is 0.640. The van der Waals surface area contributed by atoms with Gasteiger partial charge in [-0.2, -0.15) is 0 Å². The molecule has 4 nitrogen and oxygen atoms in total. The van der Waals surface area contributed by atoms with E-state index >= 15 is 0 Å². The van der Waals surface area contributed by atoms with Gasteiger partial charge in [0.2, 0.25) is 0 Å². The van der Waals surface area contributed by atoms with Gasteiger partial charge in [0.25, 0.3) is 0 Å². The van der Waals surface area contributed by atoms with Gasteiger partial charge in [-0.25, -0.2) is 9.97 Å². The normalized spacial score (nSPS) is 21.2. The van der Waals surface area contributed by atoms with E-state index in [0.717, 1.165) is 31.4 Å². The predicted molar refractivity (Wildman–Crippen MR) is 95.5 cm³/mol. The average molecular weight is 322 g/mol. The second-order valence-electron chi connectivity index (χ2n) is 7.23. The average Bonchev–Trinajstić information content (AvgIpc) is 3.38. The molecule has 4 rings (SSSR count). The minimum Gasteiger partial charge on any atom is -0.312 e. The van der Waals surface area contributed by atoms with Crippen molar-refractivity contribution in [2.24, 2.45) is 5.92 Å². The summed E-state index contributed by atoms with van der Waals surface area (Å²) in [6.45, 7) is 5.43. The van der Waals surface area contributed by atoms with E-state index in [-0.39, 0.29) is 0 Å². The van der Waals surface area contributed by atoms with Crippen LogP contribution in [0.15, 0.2) is 42.7 Å². The lowest BCUT2D eigenvalue weighted by molar-refractivity contribution is 0.314. The van der Waals surface area contributed by atoms with Crippen molar-refractivity contribution in [3.63, 3.8) is 0 Å². The molecule has 24 heavy (non-hydrogen) atoms. The van der Waals surface area contributed by atoms with Crippen LogP contribution in [0.4, 0.5) is 0 Å². The van der Waals surface area contributed by atoms with Gasteiger partial charge in [0.1, 0.15) is 5.82 Å². The quantitative estimate of drug-likeness (QED) is 0.851. The molecule has 1 aromatic carbocycles. The molecule has 2 fully saturated rings. The van der Waals surface area contributed by atoms with Crippen molar-refractivity contribution < 1.29 is 0 Å². The maximum Gasteiger partial charge on any atom is 0.131 e. The zero-order valence-electron chi connectivity index (χ0n) is 14.2. The number of aromatic nitrogens is 2. The number of nitrogens with zero attached hydrogens (tertiary/aromatic N) is 3. The van der Waals surface area contributed by atoms with E-state index in [9.17, 15) is 0 Å². The SMILES string of the molecule is c1ccc(CN2CCC(CNCc3cnc(C4CC4)nc3)C2)cc1. The molecule has 1 saturated heterocycles. The van der Waals surface area contributed by atoms with Crippen LogP contribution in [0.2, 0.25) is 0 Å². The Balaban J connectivity index is 1.18. The number of hydrogen-bond acceptors (Lipinski definition) is 4. The molecule has 1 aliphatic carbocycles. The maximum atomic E-state index is 4.49. The molecule has 0 bridgehead atoms. The lowest BCUT2D eigenvalue weighted by atomic mass is 10.1. The van der Waals surface area contributed by atoms with Gasteiger partial charge in [0.05, 0.1) is 0 Å². The monoisotopic (exact) mass is 322 g/mol. The fraction of sp³-hybridized carbons (Fsp3) is 0.500. The molecule has 126 valence electrons. The molecule has 2 aliphatic rings. The first-order valence-electron chi connectivity index (χ1n) is 9.14. The van der Waals surface area contributed by atoms with Crippen molar-refractivity contribution in [2.45, 2.75) is 38.3 Å². The van der Waals surface area contributed by atoms with E-state index in [0.29, 0.717) is 5.92 Å². The van der Waals surface area contributed by atoms with Crippen LogP contribution in [0.3, 0.4) is 0 Å². The molecule has 1 aromatic heterocycles. The number of likely N-dealkylation sites (tertiary alicyclic amines) is 1. The van der Waals surface area contributed by atoms with E-state index in [1.807, 2.05) is 12.4 Å². The first-order chi connectivity index (χ1) is 11.9. The number of benzene rings is 1. The Labute approximate surface area is 144 Å². The summed E-state index contributed by atoms with van der Waals surface area (Å²) < 4.78 is 0. The van der Waals surface area contributed by atoms with Crippen LogP contribution in [-0.2, 0) is 13.1 Å². The maximum absolute atomic E-state index is 4.49. The zero-order chi connectivity index (χ0) is 16.2. The zero-order valence-corrected chi connectivity index (χ0v) is 14.2. The summed E-state index contributed by atoms with van der Waals surface area (Å²) in [6, 6.07) is 10.8. The van der Waals surface area contributed by atoms with Gasteiger partial charge >= 0.3 is 0 Å². The summed E-state index contributed by atoms with van der Waals surface area (Å²) in [4.78, 5) is 11.5. The summed E-state index contributed by atoms with van der Waals surface area (Å²) >= 11 is 0. The van der Waals surface area contributed by atoms with Crippen LogP contribution in [0.25, 0.3) is 0 Å². The van der Waals surface area contributed by atoms with Crippen molar-refractivity contribution in [1.29, 1.82) is 0 Å². The van der Waals surface area contributed by atoms with Crippen molar-refractivity contribution in [2.75, 3.05) is 19.6 Å². The molecule has 1 unspecified atom stereocenters. The van der Waals surface area contributed by atoms with E-state index in [2.05, 4.69) is 50.5 Å². The highest BCUT2D eigenvalue weighted by atomic mass is 15.1. The molecule has 1 N–H and O–H groups in total. The van der Waals surface area contributed by atoms with Crippen LogP contribution >= 0.6 is 0 Å². The lowest BCUT2D eigenvalue weighted by Gasteiger charge is -2.16. The highest BCUT2D eigenvalue weighted by Crippen LogP contribution is 2.37. The smallest absolute Gasteiger partial charge is 0.131 e. The molecular formula is C20H26N4. The minimum absolute atomic E-state index is 0.640. The van der Waals surface area contributed by atoms with Crippen LogP contribution in [0, 0.1) is 5.92 Å². The Morgan fingerprint density at radius 3 is 2.54 bits per heavy atom. The van der Waals surface area contributed by atoms with Gasteiger partial charge in [0, 0.05) is 43.5 Å². The third-order valence-electron chi connectivity index (χ3n) is 5.05. The molecule has 4 heteroatoms. The van der Waals surface area contributed by atoms with Gasteiger partial charge in [-0.05, 0) is 43.8 Å². The molecule has 2 heterocycles. The van der Waals surface area contributed by atoms with Gasteiger partial charge in [0.15, 0.2) is 0 Å². The van der Waals surface area contributed by atoms with E-state index in [4.69, 9.17) is 0 Å². The molecule has 0 spiro atoms. The second-order valence-corrected chi connectivity index (χ2v) is 7.23.